The minimum absolute atomic E-state index is 0.0715. The molecule has 0 spiro atoms. The highest BCUT2D eigenvalue weighted by Gasteiger charge is 2.31. The zero-order valence-corrected chi connectivity index (χ0v) is 18.5. The van der Waals surface area contributed by atoms with Crippen molar-refractivity contribution in [2.24, 2.45) is 0 Å². The fourth-order valence-electron chi connectivity index (χ4n) is 4.13. The van der Waals surface area contributed by atoms with Crippen molar-refractivity contribution in [2.75, 3.05) is 34.2 Å². The summed E-state index contributed by atoms with van der Waals surface area (Å²) in [6.45, 7) is 1.56. The highest BCUT2D eigenvalue weighted by atomic mass is 32.2. The van der Waals surface area contributed by atoms with Gasteiger partial charge in [0.2, 0.25) is 0 Å². The summed E-state index contributed by atoms with van der Waals surface area (Å²) in [5.74, 6) is -0.416. The van der Waals surface area contributed by atoms with Crippen LogP contribution in [-0.4, -0.2) is 40.0 Å². The average molecular weight is 463 g/mol. The number of carbonyl (C=O) groups is 2. The molecule has 2 aliphatic heterocycles. The molecule has 0 radical (unpaired) electrons. The van der Waals surface area contributed by atoms with Crippen LogP contribution in [0.15, 0.2) is 77.7 Å². The summed E-state index contributed by atoms with van der Waals surface area (Å²) in [5.41, 5.74) is 3.20. The Morgan fingerprint density at radius 3 is 2.48 bits per heavy atom. The summed E-state index contributed by atoms with van der Waals surface area (Å²) in [6.07, 6.45) is 0.657. The molecule has 1 saturated heterocycles. The average Bonchev–Trinajstić information content (AvgIpc) is 3.46. The molecule has 2 aliphatic rings. The fourth-order valence-corrected chi connectivity index (χ4v) is 5.68. The summed E-state index contributed by atoms with van der Waals surface area (Å²) in [7, 11) is -3.79. The smallest absolute Gasteiger partial charge is 0.321 e. The number of rotatable bonds is 5. The van der Waals surface area contributed by atoms with E-state index in [-0.39, 0.29) is 16.5 Å². The number of anilines is 3. The SMILES string of the molecule is O=C(Nc1ccc(N2CCNC2=O)cc1)c1cccc(S(=O)(=O)N2CCc3ccccc32)c1. The van der Waals surface area contributed by atoms with Crippen LogP contribution in [0.25, 0.3) is 0 Å². The number of nitrogens with one attached hydrogen (secondary N) is 2. The Bertz CT molecular complexity index is 1340. The third-order valence-corrected chi connectivity index (χ3v) is 7.63. The minimum Gasteiger partial charge on any atom is -0.336 e. The Kier molecular flexibility index (Phi) is 5.26. The summed E-state index contributed by atoms with van der Waals surface area (Å²) in [4.78, 5) is 26.3. The molecule has 168 valence electrons. The largest absolute Gasteiger partial charge is 0.336 e. The molecule has 0 aliphatic carbocycles. The Morgan fingerprint density at radius 2 is 1.73 bits per heavy atom. The first-order valence-corrected chi connectivity index (χ1v) is 12.0. The summed E-state index contributed by atoms with van der Waals surface area (Å²) >= 11 is 0. The van der Waals surface area contributed by atoms with Crippen molar-refractivity contribution in [3.8, 4) is 0 Å². The topological polar surface area (TPSA) is 98.8 Å². The number of sulfonamides is 1. The third-order valence-electron chi connectivity index (χ3n) is 5.82. The van der Waals surface area contributed by atoms with Gasteiger partial charge in [-0.05, 0) is 60.5 Å². The van der Waals surface area contributed by atoms with Gasteiger partial charge in [0.05, 0.1) is 10.6 Å². The molecule has 1 fully saturated rings. The number of fused-ring (bicyclic) bond motifs is 1. The summed E-state index contributed by atoms with van der Waals surface area (Å²) < 4.78 is 27.9. The van der Waals surface area contributed by atoms with E-state index in [2.05, 4.69) is 10.6 Å². The first-order chi connectivity index (χ1) is 15.9. The molecule has 3 amide bonds. The lowest BCUT2D eigenvalue weighted by Gasteiger charge is -2.20. The standard InChI is InChI=1S/C24H22N4O4S/c29-23(26-19-8-10-20(11-9-19)27-15-13-25-24(27)30)18-5-3-6-21(16-18)33(31,32)28-14-12-17-4-1-2-7-22(17)28/h1-11,16H,12-15H2,(H,25,30)(H,26,29). The van der Waals surface area contributed by atoms with Crippen LogP contribution in [-0.2, 0) is 16.4 Å². The van der Waals surface area contributed by atoms with Crippen LogP contribution in [0.5, 0.6) is 0 Å². The van der Waals surface area contributed by atoms with Gasteiger partial charge in [0.1, 0.15) is 0 Å². The van der Waals surface area contributed by atoms with Crippen LogP contribution < -0.4 is 19.8 Å². The normalized spacial score (nSPS) is 15.3. The fraction of sp³-hybridized carbons (Fsp3) is 0.167. The molecule has 0 saturated carbocycles. The second-order valence-corrected chi connectivity index (χ2v) is 9.73. The van der Waals surface area contributed by atoms with E-state index in [1.165, 1.54) is 16.4 Å². The molecule has 5 rings (SSSR count). The van der Waals surface area contributed by atoms with Crippen LogP contribution >= 0.6 is 0 Å². The molecule has 0 atom stereocenters. The maximum Gasteiger partial charge on any atom is 0.321 e. The number of benzene rings is 3. The van der Waals surface area contributed by atoms with Gasteiger partial charge in [-0.25, -0.2) is 13.2 Å². The lowest BCUT2D eigenvalue weighted by molar-refractivity contribution is 0.102. The third kappa shape index (κ3) is 3.91. The van der Waals surface area contributed by atoms with E-state index in [1.807, 2.05) is 18.2 Å². The summed E-state index contributed by atoms with van der Waals surface area (Å²) in [6, 6.07) is 20.3. The minimum atomic E-state index is -3.79. The van der Waals surface area contributed by atoms with Gasteiger partial charge in [-0.3, -0.25) is 14.0 Å². The van der Waals surface area contributed by atoms with Crippen molar-refractivity contribution in [1.29, 1.82) is 0 Å². The zero-order valence-electron chi connectivity index (χ0n) is 17.7. The van der Waals surface area contributed by atoms with Crippen LogP contribution in [0, 0.1) is 0 Å². The molecule has 0 aromatic heterocycles. The predicted molar refractivity (Wildman–Crippen MR) is 126 cm³/mol. The van der Waals surface area contributed by atoms with E-state index < -0.39 is 15.9 Å². The molecule has 8 nitrogen and oxygen atoms in total. The monoisotopic (exact) mass is 462 g/mol. The number of amides is 3. The van der Waals surface area contributed by atoms with Crippen molar-refractivity contribution >= 4 is 39.0 Å². The van der Waals surface area contributed by atoms with E-state index in [0.29, 0.717) is 37.4 Å². The summed E-state index contributed by atoms with van der Waals surface area (Å²) in [5, 5.41) is 5.53. The van der Waals surface area contributed by atoms with Gasteiger partial charge in [0.25, 0.3) is 15.9 Å². The van der Waals surface area contributed by atoms with Crippen molar-refractivity contribution < 1.29 is 18.0 Å². The predicted octanol–water partition coefficient (Wildman–Crippen LogP) is 3.22. The van der Waals surface area contributed by atoms with Crippen molar-refractivity contribution in [1.82, 2.24) is 5.32 Å². The second kappa shape index (κ2) is 8.25. The maximum absolute atomic E-state index is 13.3. The molecule has 3 aromatic rings. The number of nitrogens with zero attached hydrogens (tertiary/aromatic N) is 2. The molecular weight excluding hydrogens is 440 g/mol. The lowest BCUT2D eigenvalue weighted by atomic mass is 10.2. The van der Waals surface area contributed by atoms with Crippen molar-refractivity contribution in [3.63, 3.8) is 0 Å². The van der Waals surface area contributed by atoms with Crippen LogP contribution in [0.1, 0.15) is 15.9 Å². The lowest BCUT2D eigenvalue weighted by Crippen LogP contribution is -2.29. The first-order valence-electron chi connectivity index (χ1n) is 10.6. The van der Waals surface area contributed by atoms with E-state index >= 15 is 0 Å². The van der Waals surface area contributed by atoms with Gasteiger partial charge >= 0.3 is 6.03 Å². The van der Waals surface area contributed by atoms with E-state index in [1.54, 1.807) is 47.4 Å². The van der Waals surface area contributed by atoms with Gasteiger partial charge in [0.15, 0.2) is 0 Å². The second-order valence-electron chi connectivity index (χ2n) is 7.87. The van der Waals surface area contributed by atoms with Gasteiger partial charge in [0, 0.05) is 36.6 Å². The molecule has 0 bridgehead atoms. The highest BCUT2D eigenvalue weighted by Crippen LogP contribution is 2.32. The Morgan fingerprint density at radius 1 is 0.939 bits per heavy atom. The van der Waals surface area contributed by atoms with Crippen LogP contribution in [0.4, 0.5) is 21.9 Å². The van der Waals surface area contributed by atoms with Crippen LogP contribution in [0.3, 0.4) is 0 Å². The highest BCUT2D eigenvalue weighted by molar-refractivity contribution is 7.92. The zero-order chi connectivity index (χ0) is 23.0. The number of urea groups is 1. The molecule has 2 heterocycles. The molecule has 0 unspecified atom stereocenters. The molecule has 33 heavy (non-hydrogen) atoms. The van der Waals surface area contributed by atoms with Gasteiger partial charge < -0.3 is 10.6 Å². The van der Waals surface area contributed by atoms with Gasteiger partial charge in [-0.1, -0.05) is 24.3 Å². The molecular formula is C24H22N4O4S. The number of hydrogen-bond donors (Lipinski definition) is 2. The van der Waals surface area contributed by atoms with Crippen molar-refractivity contribution in [3.05, 3.63) is 83.9 Å². The molecule has 3 aromatic carbocycles. The Hall–Kier alpha value is -3.85. The number of hydrogen-bond acceptors (Lipinski definition) is 4. The Balaban J connectivity index is 1.34. The van der Waals surface area contributed by atoms with Crippen LogP contribution in [0.2, 0.25) is 0 Å². The first kappa shape index (κ1) is 21.0. The van der Waals surface area contributed by atoms with E-state index in [0.717, 1.165) is 11.3 Å². The van der Waals surface area contributed by atoms with E-state index in [4.69, 9.17) is 0 Å². The molecule has 9 heteroatoms. The van der Waals surface area contributed by atoms with Crippen molar-refractivity contribution in [2.45, 2.75) is 11.3 Å². The van der Waals surface area contributed by atoms with Gasteiger partial charge in [-0.15, -0.1) is 0 Å². The van der Waals surface area contributed by atoms with Gasteiger partial charge in [-0.2, -0.15) is 0 Å². The maximum atomic E-state index is 13.3. The van der Waals surface area contributed by atoms with E-state index in [9.17, 15) is 18.0 Å². The number of para-hydroxylation sites is 1. The quantitative estimate of drug-likeness (QED) is 0.608. The number of carbonyl (C=O) groups excluding carboxylic acids is 2. The molecule has 2 N–H and O–H groups in total. The Labute approximate surface area is 191 Å².